The van der Waals surface area contributed by atoms with Crippen molar-refractivity contribution in [1.82, 2.24) is 4.90 Å². The molecular weight excluding hydrogens is 328 g/mol. The quantitative estimate of drug-likeness (QED) is 0.820. The Hall–Kier alpha value is -2.02. The van der Waals surface area contributed by atoms with E-state index in [1.807, 2.05) is 30.3 Å². The average molecular weight is 350 g/mol. The summed E-state index contributed by atoms with van der Waals surface area (Å²) in [6.07, 6.45) is 1.26. The van der Waals surface area contributed by atoms with Crippen molar-refractivity contribution < 1.29 is 19.5 Å². The van der Waals surface area contributed by atoms with E-state index in [-0.39, 0.29) is 23.5 Å². The molecule has 1 saturated heterocycles. The maximum Gasteiger partial charge on any atom is 0.316 e. The van der Waals surface area contributed by atoms with E-state index in [1.165, 1.54) is 0 Å². The van der Waals surface area contributed by atoms with E-state index in [9.17, 15) is 14.4 Å². The fourth-order valence-electron chi connectivity index (χ4n) is 2.52. The zero-order valence-corrected chi connectivity index (χ0v) is 14.4. The van der Waals surface area contributed by atoms with E-state index in [1.54, 1.807) is 11.8 Å². The number of anilines is 1. The van der Waals surface area contributed by atoms with E-state index in [4.69, 9.17) is 5.11 Å². The summed E-state index contributed by atoms with van der Waals surface area (Å²) in [5, 5.41) is 11.1. The first-order chi connectivity index (χ1) is 11.5. The van der Waals surface area contributed by atoms with Crippen LogP contribution in [0.3, 0.4) is 0 Å². The third-order valence-corrected chi connectivity index (χ3v) is 5.18. The van der Waals surface area contributed by atoms with Crippen LogP contribution >= 0.6 is 11.8 Å². The topological polar surface area (TPSA) is 86.7 Å². The zero-order chi connectivity index (χ0) is 17.5. The molecule has 1 aliphatic rings. The molecule has 1 aromatic carbocycles. The molecule has 1 atom stereocenters. The Morgan fingerprint density at radius 3 is 2.46 bits per heavy atom. The van der Waals surface area contributed by atoms with E-state index in [0.717, 1.165) is 17.4 Å². The van der Waals surface area contributed by atoms with Crippen LogP contribution in [0.5, 0.6) is 0 Å². The molecule has 0 aliphatic carbocycles. The van der Waals surface area contributed by atoms with E-state index in [2.05, 4.69) is 5.32 Å². The first kappa shape index (κ1) is 18.3. The van der Waals surface area contributed by atoms with Crippen LogP contribution in [-0.4, -0.2) is 51.9 Å². The molecule has 0 bridgehead atoms. The molecule has 1 fully saturated rings. The van der Waals surface area contributed by atoms with Gasteiger partial charge in [0.1, 0.15) is 0 Å². The van der Waals surface area contributed by atoms with E-state index in [0.29, 0.717) is 25.9 Å². The third-order valence-electron chi connectivity index (χ3n) is 4.06. The van der Waals surface area contributed by atoms with E-state index < -0.39 is 11.2 Å². The fourth-order valence-corrected chi connectivity index (χ4v) is 3.23. The van der Waals surface area contributed by atoms with Crippen molar-refractivity contribution in [3.63, 3.8) is 0 Å². The summed E-state index contributed by atoms with van der Waals surface area (Å²) in [7, 11) is 0. The molecule has 0 unspecified atom stereocenters. The number of thioether (sulfide) groups is 1. The van der Waals surface area contributed by atoms with Crippen molar-refractivity contribution in [3.05, 3.63) is 30.3 Å². The first-order valence-electron chi connectivity index (χ1n) is 7.95. The number of para-hydroxylation sites is 1. The summed E-state index contributed by atoms with van der Waals surface area (Å²) in [4.78, 5) is 36.8. The number of carbonyl (C=O) groups is 3. The number of amides is 2. The number of aliphatic carboxylic acids is 1. The molecule has 6 nitrogen and oxygen atoms in total. The number of rotatable bonds is 6. The van der Waals surface area contributed by atoms with Gasteiger partial charge in [-0.1, -0.05) is 18.2 Å². The molecule has 0 saturated carbocycles. The van der Waals surface area contributed by atoms with Gasteiger partial charge in [0, 0.05) is 24.7 Å². The molecule has 130 valence electrons. The number of carbonyl (C=O) groups excluding carboxylic acids is 2. The number of benzene rings is 1. The predicted molar refractivity (Wildman–Crippen MR) is 93.9 cm³/mol. The van der Waals surface area contributed by atoms with Gasteiger partial charge in [-0.05, 0) is 31.9 Å². The largest absolute Gasteiger partial charge is 0.480 e. The summed E-state index contributed by atoms with van der Waals surface area (Å²) in [5.74, 6) is -0.921. The van der Waals surface area contributed by atoms with Crippen molar-refractivity contribution in [2.75, 3.05) is 24.2 Å². The minimum Gasteiger partial charge on any atom is -0.480 e. The number of nitrogens with one attached hydrogen (secondary N) is 1. The summed E-state index contributed by atoms with van der Waals surface area (Å²) in [6.45, 7) is 2.64. The molecule has 2 amide bonds. The number of carboxylic acids is 1. The SMILES string of the molecule is C[C@H](SCC(=O)N1CCC(C(=O)Nc2ccccc2)CC1)C(=O)O. The van der Waals surface area contributed by atoms with Gasteiger partial charge < -0.3 is 15.3 Å². The zero-order valence-electron chi connectivity index (χ0n) is 13.6. The van der Waals surface area contributed by atoms with Gasteiger partial charge in [0.15, 0.2) is 0 Å². The highest BCUT2D eigenvalue weighted by molar-refractivity contribution is 8.01. The Kier molecular flexibility index (Phi) is 6.66. The Bertz CT molecular complexity index is 586. The Morgan fingerprint density at radius 1 is 1.25 bits per heavy atom. The van der Waals surface area contributed by atoms with Crippen molar-refractivity contribution in [2.45, 2.75) is 25.0 Å². The Labute approximate surface area is 145 Å². The molecule has 0 aromatic heterocycles. The number of nitrogens with zero attached hydrogens (tertiary/aromatic N) is 1. The number of hydrogen-bond acceptors (Lipinski definition) is 4. The van der Waals surface area contributed by atoms with Crippen molar-refractivity contribution in [3.8, 4) is 0 Å². The van der Waals surface area contributed by atoms with Gasteiger partial charge in [-0.15, -0.1) is 11.8 Å². The van der Waals surface area contributed by atoms with Gasteiger partial charge in [-0.25, -0.2) is 0 Å². The van der Waals surface area contributed by atoms with Crippen LogP contribution in [0.1, 0.15) is 19.8 Å². The molecule has 0 spiro atoms. The molecular formula is C17H22N2O4S. The lowest BCUT2D eigenvalue weighted by Gasteiger charge is -2.31. The van der Waals surface area contributed by atoms with Gasteiger partial charge in [-0.2, -0.15) is 0 Å². The lowest BCUT2D eigenvalue weighted by atomic mass is 9.96. The van der Waals surface area contributed by atoms with Crippen LogP contribution in [0.4, 0.5) is 5.69 Å². The molecule has 24 heavy (non-hydrogen) atoms. The van der Waals surface area contributed by atoms with Crippen LogP contribution in [-0.2, 0) is 14.4 Å². The van der Waals surface area contributed by atoms with Gasteiger partial charge in [-0.3, -0.25) is 14.4 Å². The molecule has 1 aromatic rings. The highest BCUT2D eigenvalue weighted by Crippen LogP contribution is 2.21. The summed E-state index contributed by atoms with van der Waals surface area (Å²) < 4.78 is 0. The molecule has 2 rings (SSSR count). The Balaban J connectivity index is 1.75. The Morgan fingerprint density at radius 2 is 1.88 bits per heavy atom. The first-order valence-corrected chi connectivity index (χ1v) is 9.00. The third kappa shape index (κ3) is 5.26. The highest BCUT2D eigenvalue weighted by atomic mass is 32.2. The monoisotopic (exact) mass is 350 g/mol. The van der Waals surface area contributed by atoms with Gasteiger partial charge >= 0.3 is 5.97 Å². The normalized spacial score (nSPS) is 16.5. The second-order valence-electron chi connectivity index (χ2n) is 5.80. The molecule has 1 aliphatic heterocycles. The molecule has 2 N–H and O–H groups in total. The van der Waals surface area contributed by atoms with E-state index >= 15 is 0 Å². The minimum absolute atomic E-state index is 0.0119. The predicted octanol–water partition coefficient (Wildman–Crippen LogP) is 2.07. The maximum atomic E-state index is 12.3. The van der Waals surface area contributed by atoms with Crippen LogP contribution in [0.25, 0.3) is 0 Å². The van der Waals surface area contributed by atoms with Crippen molar-refractivity contribution in [2.24, 2.45) is 5.92 Å². The smallest absolute Gasteiger partial charge is 0.316 e. The lowest BCUT2D eigenvalue weighted by molar-refractivity contribution is -0.136. The highest BCUT2D eigenvalue weighted by Gasteiger charge is 2.27. The van der Waals surface area contributed by atoms with Crippen LogP contribution < -0.4 is 5.32 Å². The fraction of sp³-hybridized carbons (Fsp3) is 0.471. The average Bonchev–Trinajstić information content (AvgIpc) is 2.60. The van der Waals surface area contributed by atoms with Crippen molar-refractivity contribution in [1.29, 1.82) is 0 Å². The van der Waals surface area contributed by atoms with Gasteiger partial charge in [0.25, 0.3) is 0 Å². The lowest BCUT2D eigenvalue weighted by Crippen LogP contribution is -2.42. The second-order valence-corrected chi connectivity index (χ2v) is 7.13. The van der Waals surface area contributed by atoms with Crippen LogP contribution in [0.2, 0.25) is 0 Å². The van der Waals surface area contributed by atoms with Crippen LogP contribution in [0, 0.1) is 5.92 Å². The minimum atomic E-state index is -0.913. The van der Waals surface area contributed by atoms with Gasteiger partial charge in [0.05, 0.1) is 11.0 Å². The summed E-state index contributed by atoms with van der Waals surface area (Å²) in [5.41, 5.74) is 0.778. The summed E-state index contributed by atoms with van der Waals surface area (Å²) in [6, 6.07) is 9.32. The molecule has 1 heterocycles. The summed E-state index contributed by atoms with van der Waals surface area (Å²) >= 11 is 1.13. The maximum absolute atomic E-state index is 12.3. The molecule has 7 heteroatoms. The number of piperidine rings is 1. The molecule has 0 radical (unpaired) electrons. The standard InChI is InChI=1S/C17H22N2O4S/c1-12(17(22)23)24-11-15(20)19-9-7-13(8-10-19)16(21)18-14-5-3-2-4-6-14/h2-6,12-13H,7-11H2,1H3,(H,18,21)(H,22,23)/t12-/m0/s1. The number of hydrogen-bond donors (Lipinski definition) is 2. The number of likely N-dealkylation sites (tertiary alicyclic amines) is 1. The van der Waals surface area contributed by atoms with Crippen LogP contribution in [0.15, 0.2) is 30.3 Å². The second kappa shape index (κ2) is 8.73. The van der Waals surface area contributed by atoms with Gasteiger partial charge in [0.2, 0.25) is 11.8 Å². The number of carboxylic acid groups (broad SMARTS) is 1. The van der Waals surface area contributed by atoms with Crippen molar-refractivity contribution >= 4 is 35.2 Å².